The lowest BCUT2D eigenvalue weighted by atomic mass is 10.0. The Hall–Kier alpha value is -1.53. The van der Waals surface area contributed by atoms with Crippen molar-refractivity contribution in [1.29, 1.82) is 5.26 Å². The van der Waals surface area contributed by atoms with E-state index in [0.29, 0.717) is 0 Å². The molecule has 1 aliphatic heterocycles. The summed E-state index contributed by atoms with van der Waals surface area (Å²) in [5, 5.41) is 12.4. The van der Waals surface area contributed by atoms with Gasteiger partial charge >= 0.3 is 0 Å². The summed E-state index contributed by atoms with van der Waals surface area (Å²) >= 11 is 0. The molecule has 1 aromatic rings. The van der Waals surface area contributed by atoms with Gasteiger partial charge in [-0.1, -0.05) is 12.1 Å². The van der Waals surface area contributed by atoms with E-state index >= 15 is 0 Å². The van der Waals surface area contributed by atoms with Crippen LogP contribution in [0.2, 0.25) is 0 Å². The molecule has 1 heterocycles. The minimum atomic E-state index is 0.763. The summed E-state index contributed by atoms with van der Waals surface area (Å²) in [4.78, 5) is 2.19. The first kappa shape index (κ1) is 11.9. The largest absolute Gasteiger partial charge is 0.374 e. The van der Waals surface area contributed by atoms with Crippen LogP contribution in [0, 0.1) is 17.2 Å². The van der Waals surface area contributed by atoms with Crippen LogP contribution in [-0.2, 0) is 0 Å². The van der Waals surface area contributed by atoms with E-state index in [1.807, 2.05) is 24.3 Å². The van der Waals surface area contributed by atoms with Gasteiger partial charge in [-0.25, -0.2) is 0 Å². The van der Waals surface area contributed by atoms with E-state index in [0.717, 1.165) is 36.8 Å². The topological polar surface area (TPSA) is 39.1 Å². The molecule has 17 heavy (non-hydrogen) atoms. The van der Waals surface area contributed by atoms with Crippen molar-refractivity contribution in [2.45, 2.75) is 12.8 Å². The van der Waals surface area contributed by atoms with Crippen molar-refractivity contribution in [3.63, 3.8) is 0 Å². The Morgan fingerprint density at radius 3 is 3.00 bits per heavy atom. The fourth-order valence-corrected chi connectivity index (χ4v) is 2.36. The lowest BCUT2D eigenvalue weighted by Gasteiger charge is -2.22. The molecule has 0 bridgehead atoms. The third kappa shape index (κ3) is 2.98. The number of rotatable bonds is 4. The summed E-state index contributed by atoms with van der Waals surface area (Å²) in [6.45, 7) is 3.32. The lowest BCUT2D eigenvalue weighted by molar-refractivity contribution is 0.533. The van der Waals surface area contributed by atoms with E-state index in [2.05, 4.69) is 23.3 Å². The Morgan fingerprint density at radius 2 is 2.29 bits per heavy atom. The number of nitrogens with zero attached hydrogens (tertiary/aromatic N) is 2. The van der Waals surface area contributed by atoms with E-state index in [1.165, 1.54) is 12.8 Å². The van der Waals surface area contributed by atoms with Gasteiger partial charge in [-0.3, -0.25) is 0 Å². The first-order chi connectivity index (χ1) is 8.31. The van der Waals surface area contributed by atoms with E-state index in [4.69, 9.17) is 5.26 Å². The first-order valence-corrected chi connectivity index (χ1v) is 6.22. The van der Waals surface area contributed by atoms with Crippen LogP contribution in [0.5, 0.6) is 0 Å². The van der Waals surface area contributed by atoms with Crippen LogP contribution in [0.4, 0.5) is 5.69 Å². The molecular formula is C14H19N3. The van der Waals surface area contributed by atoms with Crippen molar-refractivity contribution in [3.05, 3.63) is 29.8 Å². The van der Waals surface area contributed by atoms with Crippen LogP contribution < -0.4 is 10.2 Å². The molecule has 0 radical (unpaired) electrons. The Bertz CT molecular complexity index is 402. The highest BCUT2D eigenvalue weighted by atomic mass is 15.1. The summed E-state index contributed by atoms with van der Waals surface area (Å²) in [6, 6.07) is 10.1. The molecule has 1 fully saturated rings. The zero-order valence-corrected chi connectivity index (χ0v) is 10.3. The molecule has 1 saturated heterocycles. The maximum absolute atomic E-state index is 9.06. The van der Waals surface area contributed by atoms with Gasteiger partial charge in [-0.05, 0) is 44.0 Å². The number of benzene rings is 1. The molecular weight excluding hydrogens is 210 g/mol. The Kier molecular flexibility index (Phi) is 4.00. The Balaban J connectivity index is 1.94. The summed E-state index contributed by atoms with van der Waals surface area (Å²) in [6.07, 6.45) is 2.48. The highest BCUT2D eigenvalue weighted by molar-refractivity contribution is 5.58. The quantitative estimate of drug-likeness (QED) is 0.858. The number of hydrogen-bond acceptors (Lipinski definition) is 3. The number of para-hydroxylation sites is 1. The van der Waals surface area contributed by atoms with Crippen LogP contribution in [0.1, 0.15) is 18.4 Å². The van der Waals surface area contributed by atoms with Crippen molar-refractivity contribution in [1.82, 2.24) is 5.32 Å². The number of anilines is 1. The van der Waals surface area contributed by atoms with Gasteiger partial charge in [0.15, 0.2) is 0 Å². The molecule has 0 aromatic heterocycles. The minimum absolute atomic E-state index is 0.763. The van der Waals surface area contributed by atoms with Crippen LogP contribution in [0.15, 0.2) is 24.3 Å². The highest BCUT2D eigenvalue weighted by Crippen LogP contribution is 2.20. The average Bonchev–Trinajstić information content (AvgIpc) is 2.89. The standard InChI is InChI=1S/C14H19N3/c1-17(9-7-12-6-8-16-11-12)14-5-3-2-4-13(14)10-15/h2-5,12,16H,6-9,11H2,1H3. The maximum Gasteiger partial charge on any atom is 0.101 e. The molecule has 2 rings (SSSR count). The predicted molar refractivity (Wildman–Crippen MR) is 70.0 cm³/mol. The van der Waals surface area contributed by atoms with Crippen molar-refractivity contribution in [3.8, 4) is 6.07 Å². The van der Waals surface area contributed by atoms with Crippen LogP contribution in [0.25, 0.3) is 0 Å². The monoisotopic (exact) mass is 229 g/mol. The van der Waals surface area contributed by atoms with Gasteiger partial charge in [0, 0.05) is 13.6 Å². The molecule has 0 saturated carbocycles. The molecule has 1 aromatic carbocycles. The van der Waals surface area contributed by atoms with Crippen LogP contribution in [-0.4, -0.2) is 26.7 Å². The van der Waals surface area contributed by atoms with E-state index in [-0.39, 0.29) is 0 Å². The highest BCUT2D eigenvalue weighted by Gasteiger charge is 2.15. The van der Waals surface area contributed by atoms with E-state index < -0.39 is 0 Å². The number of nitriles is 1. The summed E-state index contributed by atoms with van der Waals surface area (Å²) in [7, 11) is 2.07. The molecule has 1 aliphatic rings. The fraction of sp³-hybridized carbons (Fsp3) is 0.500. The maximum atomic E-state index is 9.06. The average molecular weight is 229 g/mol. The van der Waals surface area contributed by atoms with Gasteiger partial charge in [-0.15, -0.1) is 0 Å². The molecule has 1 atom stereocenters. The fourth-order valence-electron chi connectivity index (χ4n) is 2.36. The Morgan fingerprint density at radius 1 is 1.47 bits per heavy atom. The molecule has 1 N–H and O–H groups in total. The van der Waals surface area contributed by atoms with Gasteiger partial charge in [0.1, 0.15) is 6.07 Å². The van der Waals surface area contributed by atoms with Gasteiger partial charge in [0.05, 0.1) is 11.3 Å². The molecule has 3 heteroatoms. The lowest BCUT2D eigenvalue weighted by Crippen LogP contribution is -2.22. The molecule has 0 spiro atoms. The first-order valence-electron chi connectivity index (χ1n) is 6.22. The summed E-state index contributed by atoms with van der Waals surface area (Å²) in [5.41, 5.74) is 1.81. The van der Waals surface area contributed by atoms with Gasteiger partial charge in [0.2, 0.25) is 0 Å². The zero-order chi connectivity index (χ0) is 12.1. The second-order valence-electron chi connectivity index (χ2n) is 4.70. The third-order valence-corrected chi connectivity index (χ3v) is 3.47. The van der Waals surface area contributed by atoms with Crippen LogP contribution >= 0.6 is 0 Å². The zero-order valence-electron chi connectivity index (χ0n) is 10.3. The molecule has 90 valence electrons. The van der Waals surface area contributed by atoms with E-state index in [9.17, 15) is 0 Å². The molecule has 1 unspecified atom stereocenters. The molecule has 3 nitrogen and oxygen atoms in total. The van der Waals surface area contributed by atoms with Gasteiger partial charge in [0.25, 0.3) is 0 Å². The van der Waals surface area contributed by atoms with Gasteiger partial charge in [-0.2, -0.15) is 5.26 Å². The predicted octanol–water partition coefficient (Wildman–Crippen LogP) is 1.99. The van der Waals surface area contributed by atoms with Crippen molar-refractivity contribution in [2.24, 2.45) is 5.92 Å². The smallest absolute Gasteiger partial charge is 0.101 e. The summed E-state index contributed by atoms with van der Waals surface area (Å²) < 4.78 is 0. The van der Waals surface area contributed by atoms with E-state index in [1.54, 1.807) is 0 Å². The molecule has 0 amide bonds. The number of nitrogens with one attached hydrogen (secondary N) is 1. The van der Waals surface area contributed by atoms with Crippen LogP contribution in [0.3, 0.4) is 0 Å². The number of hydrogen-bond donors (Lipinski definition) is 1. The Labute approximate surface area is 103 Å². The second-order valence-corrected chi connectivity index (χ2v) is 4.70. The minimum Gasteiger partial charge on any atom is -0.374 e. The summed E-state index contributed by atoms with van der Waals surface area (Å²) in [5.74, 6) is 0.798. The second kappa shape index (κ2) is 5.70. The SMILES string of the molecule is CN(CCC1CCNC1)c1ccccc1C#N. The van der Waals surface area contributed by atoms with Crippen molar-refractivity contribution >= 4 is 5.69 Å². The van der Waals surface area contributed by atoms with Gasteiger partial charge < -0.3 is 10.2 Å². The van der Waals surface area contributed by atoms with Crippen molar-refractivity contribution in [2.75, 3.05) is 31.6 Å². The van der Waals surface area contributed by atoms with Crippen molar-refractivity contribution < 1.29 is 0 Å². The normalized spacial score (nSPS) is 18.9. The molecule has 0 aliphatic carbocycles. The third-order valence-electron chi connectivity index (χ3n) is 3.47.